The molecular formula is C17H19Cl2N7O6. The maximum atomic E-state index is 11.6. The molecule has 4 heterocycles. The second kappa shape index (κ2) is 8.75. The van der Waals surface area contributed by atoms with Gasteiger partial charge in [-0.1, -0.05) is 11.6 Å². The highest BCUT2D eigenvalue weighted by Crippen LogP contribution is 2.34. The smallest absolute Gasteiger partial charge is 0.352 e. The molecule has 3 aromatic heterocycles. The van der Waals surface area contributed by atoms with Crippen molar-refractivity contribution in [3.63, 3.8) is 0 Å². The molecule has 0 spiro atoms. The lowest BCUT2D eigenvalue weighted by Gasteiger charge is -2.23. The summed E-state index contributed by atoms with van der Waals surface area (Å²) in [5, 5.41) is 40.9. The highest BCUT2D eigenvalue weighted by atomic mass is 35.5. The molecule has 0 saturated carbocycles. The fourth-order valence-corrected chi connectivity index (χ4v) is 3.90. The van der Waals surface area contributed by atoms with Gasteiger partial charge in [-0.25, -0.2) is 4.98 Å². The van der Waals surface area contributed by atoms with Crippen LogP contribution in [0, 0.1) is 17.0 Å². The molecule has 4 rings (SSSR count). The van der Waals surface area contributed by atoms with Gasteiger partial charge in [-0.05, 0) is 31.4 Å². The van der Waals surface area contributed by atoms with E-state index in [0.29, 0.717) is 31.7 Å². The van der Waals surface area contributed by atoms with E-state index in [9.17, 15) is 20.3 Å². The van der Waals surface area contributed by atoms with Gasteiger partial charge in [0.15, 0.2) is 10.8 Å². The van der Waals surface area contributed by atoms with Crippen molar-refractivity contribution in [1.82, 2.24) is 29.5 Å². The zero-order chi connectivity index (χ0) is 23.0. The topological polar surface area (TPSA) is 163 Å². The van der Waals surface area contributed by atoms with Crippen LogP contribution in [-0.4, -0.2) is 64.5 Å². The molecule has 1 aliphatic rings. The second-order valence-corrected chi connectivity index (χ2v) is 7.93. The summed E-state index contributed by atoms with van der Waals surface area (Å²) in [7, 11) is 0. The fourth-order valence-electron chi connectivity index (χ4n) is 3.56. The van der Waals surface area contributed by atoms with Gasteiger partial charge in [-0.3, -0.25) is 14.8 Å². The predicted octanol–water partition coefficient (Wildman–Crippen LogP) is 1.96. The van der Waals surface area contributed by atoms with Gasteiger partial charge < -0.3 is 19.7 Å². The summed E-state index contributed by atoms with van der Waals surface area (Å²) in [5.74, 6) is -2.78. The molecule has 0 unspecified atom stereocenters. The Bertz CT molecular complexity index is 1160. The van der Waals surface area contributed by atoms with Crippen LogP contribution < -0.4 is 4.74 Å². The van der Waals surface area contributed by atoms with Gasteiger partial charge in [0.05, 0.1) is 29.4 Å². The lowest BCUT2D eigenvalue weighted by molar-refractivity contribution is -0.386. The maximum Gasteiger partial charge on any atom is 0.352 e. The monoisotopic (exact) mass is 487 g/mol. The molecule has 0 atom stereocenters. The first kappa shape index (κ1) is 22.6. The van der Waals surface area contributed by atoms with Crippen molar-refractivity contribution in [2.45, 2.75) is 38.1 Å². The van der Waals surface area contributed by atoms with E-state index < -0.39 is 17.3 Å². The molecule has 15 heteroatoms. The third-order valence-electron chi connectivity index (χ3n) is 5.17. The van der Waals surface area contributed by atoms with Crippen LogP contribution in [0.15, 0.2) is 6.20 Å². The number of nitro groups is 1. The molecule has 0 radical (unpaired) electrons. The molecule has 0 aromatic carbocycles. The number of rotatable bonds is 7. The number of ether oxygens (including phenoxy) is 2. The molecule has 0 aliphatic carbocycles. The number of hydrogen-bond acceptors (Lipinski definition) is 10. The first-order valence-corrected chi connectivity index (χ1v) is 10.4. The lowest BCUT2D eigenvalue weighted by Crippen LogP contribution is -2.36. The highest BCUT2D eigenvalue weighted by molar-refractivity contribution is 6.34. The number of aromatic nitrogens is 6. The first-order chi connectivity index (χ1) is 15.2. The summed E-state index contributed by atoms with van der Waals surface area (Å²) in [6.07, 6.45) is 2.22. The predicted molar refractivity (Wildman–Crippen MR) is 111 cm³/mol. The number of aliphatic hydroxyl groups is 2. The molecule has 32 heavy (non-hydrogen) atoms. The van der Waals surface area contributed by atoms with Crippen molar-refractivity contribution >= 4 is 39.9 Å². The Morgan fingerprint density at radius 2 is 2.06 bits per heavy atom. The summed E-state index contributed by atoms with van der Waals surface area (Å²) in [6, 6.07) is -0.0448. The number of nitrogens with zero attached hydrogens (tertiary/aromatic N) is 7. The van der Waals surface area contributed by atoms with Crippen LogP contribution in [0.4, 0.5) is 5.69 Å². The summed E-state index contributed by atoms with van der Waals surface area (Å²) < 4.78 is 13.2. The normalized spacial score (nSPS) is 15.4. The number of fused-ring (bicyclic) bond motifs is 1. The summed E-state index contributed by atoms with van der Waals surface area (Å²) in [4.78, 5) is 18.7. The lowest BCUT2D eigenvalue weighted by atomic mass is 10.1. The molecular weight excluding hydrogens is 469 g/mol. The minimum atomic E-state index is -2.57. The zero-order valence-corrected chi connectivity index (χ0v) is 18.3. The number of halogens is 2. The van der Waals surface area contributed by atoms with Crippen LogP contribution in [0.2, 0.25) is 10.4 Å². The van der Waals surface area contributed by atoms with E-state index in [4.69, 9.17) is 32.7 Å². The third kappa shape index (κ3) is 4.21. The summed E-state index contributed by atoms with van der Waals surface area (Å²) >= 11 is 11.8. The van der Waals surface area contributed by atoms with Crippen molar-refractivity contribution in [2.24, 2.45) is 0 Å². The first-order valence-electron chi connectivity index (χ1n) is 9.65. The van der Waals surface area contributed by atoms with Gasteiger partial charge in [-0.2, -0.15) is 14.8 Å². The van der Waals surface area contributed by atoms with E-state index in [1.807, 2.05) is 0 Å². The Morgan fingerprint density at radius 3 is 2.75 bits per heavy atom. The number of hydrogen-bond donors (Lipinski definition) is 2. The minimum absolute atomic E-state index is 0.00520. The van der Waals surface area contributed by atoms with Crippen LogP contribution in [0.1, 0.15) is 31.0 Å². The molecule has 172 valence electrons. The van der Waals surface area contributed by atoms with E-state index in [2.05, 4.69) is 20.2 Å². The molecule has 13 nitrogen and oxygen atoms in total. The van der Waals surface area contributed by atoms with E-state index in [0.717, 1.165) is 4.68 Å². The van der Waals surface area contributed by atoms with Gasteiger partial charge in [0.2, 0.25) is 5.28 Å². The van der Waals surface area contributed by atoms with Gasteiger partial charge in [0.1, 0.15) is 5.69 Å². The Kier molecular flexibility index (Phi) is 6.18. The van der Waals surface area contributed by atoms with Crippen molar-refractivity contribution in [1.29, 1.82) is 0 Å². The van der Waals surface area contributed by atoms with E-state index in [1.165, 1.54) is 6.20 Å². The fraction of sp³-hybridized carbons (Fsp3) is 0.529. The Hall–Kier alpha value is -2.58. The van der Waals surface area contributed by atoms with Gasteiger partial charge in [-0.15, -0.1) is 5.10 Å². The van der Waals surface area contributed by atoms with Crippen LogP contribution in [0.5, 0.6) is 5.88 Å². The average Bonchev–Trinajstić information content (AvgIpc) is 3.25. The quantitative estimate of drug-likeness (QED) is 0.217. The van der Waals surface area contributed by atoms with Gasteiger partial charge >= 0.3 is 11.6 Å². The Morgan fingerprint density at radius 1 is 1.34 bits per heavy atom. The second-order valence-electron chi connectivity index (χ2n) is 7.24. The summed E-state index contributed by atoms with van der Waals surface area (Å²) in [6.45, 7) is 2.35. The molecule has 3 aromatic rings. The van der Waals surface area contributed by atoms with Crippen LogP contribution in [0.25, 0.3) is 11.0 Å². The molecule has 1 fully saturated rings. The molecule has 1 aliphatic heterocycles. The summed E-state index contributed by atoms with van der Waals surface area (Å²) in [5.41, 5.74) is 0.0862. The SMILES string of the molecule is Cc1c([N+](=O)[O-])c(OCCC(O)(O)n2nc(Cl)c3cnc(Cl)nc32)nn1C1CCOCC1. The zero-order valence-electron chi connectivity index (χ0n) is 16.8. The van der Waals surface area contributed by atoms with E-state index in [1.54, 1.807) is 11.6 Å². The largest absolute Gasteiger partial charge is 0.471 e. The molecule has 0 amide bonds. The van der Waals surface area contributed by atoms with Crippen LogP contribution >= 0.6 is 23.2 Å². The van der Waals surface area contributed by atoms with Gasteiger partial charge in [0, 0.05) is 19.4 Å². The minimum Gasteiger partial charge on any atom is -0.471 e. The molecule has 2 N–H and O–H groups in total. The van der Waals surface area contributed by atoms with Crippen molar-refractivity contribution in [3.05, 3.63) is 32.4 Å². The Balaban J connectivity index is 1.54. The van der Waals surface area contributed by atoms with Gasteiger partial charge in [0.25, 0.3) is 5.91 Å². The van der Waals surface area contributed by atoms with Crippen molar-refractivity contribution < 1.29 is 24.6 Å². The standard InChI is InChI=1S/C17H19Cl2N7O6/c1-9-12(26(29)30)15(23-24(9)10-2-5-31-6-3-10)32-7-4-17(27,28)25-14-11(13(18)22-25)8-20-16(19)21-14/h8,10,27-28H,2-7H2,1H3. The van der Waals surface area contributed by atoms with E-state index >= 15 is 0 Å². The highest BCUT2D eigenvalue weighted by Gasteiger charge is 2.34. The van der Waals surface area contributed by atoms with E-state index in [-0.39, 0.29) is 45.7 Å². The molecule has 0 bridgehead atoms. The third-order valence-corrected chi connectivity index (χ3v) is 5.63. The average molecular weight is 488 g/mol. The van der Waals surface area contributed by atoms with Crippen molar-refractivity contribution in [3.8, 4) is 5.88 Å². The van der Waals surface area contributed by atoms with Crippen LogP contribution in [0.3, 0.4) is 0 Å². The van der Waals surface area contributed by atoms with Crippen LogP contribution in [-0.2, 0) is 10.6 Å². The maximum absolute atomic E-state index is 11.6. The Labute approximate surface area is 190 Å². The van der Waals surface area contributed by atoms with Crippen molar-refractivity contribution in [2.75, 3.05) is 19.8 Å². The molecule has 1 saturated heterocycles.